The summed E-state index contributed by atoms with van der Waals surface area (Å²) in [6.45, 7) is 8.65. The SMILES string of the molecule is CCC(CNc1ccc(Cl)cn1)N(C)C(=O)c1cc(C)ccc1N1CCN(C)CC1. The Morgan fingerprint density at radius 3 is 2.60 bits per heavy atom. The molecule has 0 spiro atoms. The fourth-order valence-electron chi connectivity index (χ4n) is 3.76. The number of carbonyl (C=O) groups is 1. The van der Waals surface area contributed by atoms with Gasteiger partial charge in [0.15, 0.2) is 0 Å². The average Bonchev–Trinajstić information content (AvgIpc) is 2.75. The van der Waals surface area contributed by atoms with Crippen molar-refractivity contribution in [2.75, 3.05) is 57.0 Å². The maximum Gasteiger partial charge on any atom is 0.256 e. The predicted octanol–water partition coefficient (Wildman–Crippen LogP) is 3.76. The van der Waals surface area contributed by atoms with E-state index < -0.39 is 0 Å². The lowest BCUT2D eigenvalue weighted by Gasteiger charge is -2.36. The summed E-state index contributed by atoms with van der Waals surface area (Å²) in [5.41, 5.74) is 2.92. The molecule has 1 unspecified atom stereocenters. The molecule has 1 aliphatic heterocycles. The normalized spacial score (nSPS) is 15.7. The van der Waals surface area contributed by atoms with Gasteiger partial charge in [0.1, 0.15) is 5.82 Å². The number of rotatable bonds is 7. The third kappa shape index (κ3) is 5.43. The highest BCUT2D eigenvalue weighted by Crippen LogP contribution is 2.25. The van der Waals surface area contributed by atoms with Crippen molar-refractivity contribution < 1.29 is 4.79 Å². The number of nitrogens with zero attached hydrogens (tertiary/aromatic N) is 4. The second-order valence-electron chi connectivity index (χ2n) is 8.03. The molecule has 2 heterocycles. The van der Waals surface area contributed by atoms with E-state index in [2.05, 4.69) is 46.2 Å². The zero-order valence-electron chi connectivity index (χ0n) is 18.4. The van der Waals surface area contributed by atoms with Gasteiger partial charge in [0, 0.05) is 57.7 Å². The van der Waals surface area contributed by atoms with Crippen LogP contribution in [-0.2, 0) is 0 Å². The van der Waals surface area contributed by atoms with E-state index in [1.54, 1.807) is 6.20 Å². The van der Waals surface area contributed by atoms with Crippen LogP contribution >= 0.6 is 11.6 Å². The first-order chi connectivity index (χ1) is 14.4. The van der Waals surface area contributed by atoms with Gasteiger partial charge in [-0.2, -0.15) is 0 Å². The Bertz CT molecular complexity index is 849. The summed E-state index contributed by atoms with van der Waals surface area (Å²) in [5.74, 6) is 0.817. The third-order valence-corrected chi connectivity index (χ3v) is 6.04. The number of likely N-dealkylation sites (N-methyl/N-ethyl adjacent to an activating group) is 2. The molecule has 1 atom stereocenters. The number of carbonyl (C=O) groups excluding carboxylic acids is 1. The number of aryl methyl sites for hydroxylation is 1. The number of benzene rings is 1. The molecule has 1 N–H and O–H groups in total. The smallest absolute Gasteiger partial charge is 0.256 e. The molecule has 6 nitrogen and oxygen atoms in total. The van der Waals surface area contributed by atoms with Crippen molar-refractivity contribution in [3.8, 4) is 0 Å². The Morgan fingerprint density at radius 1 is 1.23 bits per heavy atom. The molecule has 1 aromatic carbocycles. The number of pyridine rings is 1. The predicted molar refractivity (Wildman–Crippen MR) is 125 cm³/mol. The van der Waals surface area contributed by atoms with Crippen molar-refractivity contribution in [1.82, 2.24) is 14.8 Å². The van der Waals surface area contributed by atoms with Crippen molar-refractivity contribution in [3.05, 3.63) is 52.7 Å². The van der Waals surface area contributed by atoms with Crippen LogP contribution < -0.4 is 10.2 Å². The second-order valence-corrected chi connectivity index (χ2v) is 8.47. The van der Waals surface area contributed by atoms with Gasteiger partial charge in [0.25, 0.3) is 5.91 Å². The van der Waals surface area contributed by atoms with Gasteiger partial charge in [-0.25, -0.2) is 4.98 Å². The maximum absolute atomic E-state index is 13.5. The molecule has 7 heteroatoms. The topological polar surface area (TPSA) is 51.7 Å². The van der Waals surface area contributed by atoms with Gasteiger partial charge >= 0.3 is 0 Å². The molecule has 0 radical (unpaired) electrons. The molecule has 1 aliphatic rings. The second kappa shape index (κ2) is 10.1. The van der Waals surface area contributed by atoms with E-state index in [1.807, 2.05) is 37.1 Å². The number of piperazine rings is 1. The van der Waals surface area contributed by atoms with Crippen LogP contribution in [-0.4, -0.2) is 73.6 Å². The highest BCUT2D eigenvalue weighted by Gasteiger charge is 2.25. The average molecular weight is 430 g/mol. The number of anilines is 2. The molecule has 0 aliphatic carbocycles. The summed E-state index contributed by atoms with van der Waals surface area (Å²) in [4.78, 5) is 24.3. The summed E-state index contributed by atoms with van der Waals surface area (Å²) >= 11 is 5.91. The van der Waals surface area contributed by atoms with Crippen LogP contribution in [0.15, 0.2) is 36.5 Å². The minimum Gasteiger partial charge on any atom is -0.368 e. The number of nitrogens with one attached hydrogen (secondary N) is 1. The van der Waals surface area contributed by atoms with E-state index in [1.165, 1.54) is 0 Å². The Labute approximate surface area is 184 Å². The minimum absolute atomic E-state index is 0.0517. The third-order valence-electron chi connectivity index (χ3n) is 5.81. The number of halogens is 1. The van der Waals surface area contributed by atoms with Gasteiger partial charge < -0.3 is 20.0 Å². The fraction of sp³-hybridized carbons (Fsp3) is 0.478. The molecule has 2 aromatic rings. The van der Waals surface area contributed by atoms with Crippen LogP contribution in [0.1, 0.15) is 29.3 Å². The molecule has 1 saturated heterocycles. The number of aromatic nitrogens is 1. The Morgan fingerprint density at radius 2 is 1.97 bits per heavy atom. The van der Waals surface area contributed by atoms with Crippen LogP contribution in [0.3, 0.4) is 0 Å². The molecular weight excluding hydrogens is 398 g/mol. The van der Waals surface area contributed by atoms with Gasteiger partial charge in [-0.15, -0.1) is 0 Å². The summed E-state index contributed by atoms with van der Waals surface area (Å²) in [5, 5.41) is 3.93. The minimum atomic E-state index is 0.0517. The van der Waals surface area contributed by atoms with Crippen LogP contribution in [0.2, 0.25) is 5.02 Å². The molecule has 162 valence electrons. The number of hydrogen-bond donors (Lipinski definition) is 1. The monoisotopic (exact) mass is 429 g/mol. The lowest BCUT2D eigenvalue weighted by molar-refractivity contribution is 0.0736. The summed E-state index contributed by atoms with van der Waals surface area (Å²) in [7, 11) is 4.03. The molecule has 0 bridgehead atoms. The van der Waals surface area contributed by atoms with E-state index in [4.69, 9.17) is 11.6 Å². The molecule has 30 heavy (non-hydrogen) atoms. The summed E-state index contributed by atoms with van der Waals surface area (Å²) in [6.07, 6.45) is 2.47. The Kier molecular flexibility index (Phi) is 7.56. The van der Waals surface area contributed by atoms with E-state index >= 15 is 0 Å². The van der Waals surface area contributed by atoms with Crippen LogP contribution in [0, 0.1) is 6.92 Å². The summed E-state index contributed by atoms with van der Waals surface area (Å²) < 4.78 is 0. The molecule has 3 rings (SSSR count). The first kappa shape index (κ1) is 22.4. The maximum atomic E-state index is 13.5. The molecule has 1 fully saturated rings. The summed E-state index contributed by atoms with van der Waals surface area (Å²) in [6, 6.07) is 9.92. The van der Waals surface area contributed by atoms with Gasteiger partial charge in [-0.05, 0) is 44.7 Å². The Hall–Kier alpha value is -2.31. The van der Waals surface area contributed by atoms with Crippen molar-refractivity contribution in [3.63, 3.8) is 0 Å². The fourth-order valence-corrected chi connectivity index (χ4v) is 3.87. The van der Waals surface area contributed by atoms with Crippen molar-refractivity contribution >= 4 is 29.0 Å². The van der Waals surface area contributed by atoms with Crippen molar-refractivity contribution in [1.29, 1.82) is 0 Å². The van der Waals surface area contributed by atoms with Gasteiger partial charge in [-0.1, -0.05) is 30.2 Å². The van der Waals surface area contributed by atoms with Gasteiger partial charge in [0.05, 0.1) is 10.6 Å². The first-order valence-corrected chi connectivity index (χ1v) is 10.9. The number of amides is 1. The van der Waals surface area contributed by atoms with E-state index in [9.17, 15) is 4.79 Å². The Balaban J connectivity index is 1.74. The zero-order valence-corrected chi connectivity index (χ0v) is 19.1. The van der Waals surface area contributed by atoms with Crippen LogP contribution in [0.4, 0.5) is 11.5 Å². The number of hydrogen-bond acceptors (Lipinski definition) is 5. The quantitative estimate of drug-likeness (QED) is 0.726. The lowest BCUT2D eigenvalue weighted by atomic mass is 10.0. The van der Waals surface area contributed by atoms with Crippen molar-refractivity contribution in [2.24, 2.45) is 0 Å². The van der Waals surface area contributed by atoms with E-state index in [0.29, 0.717) is 11.6 Å². The zero-order chi connectivity index (χ0) is 21.7. The molecule has 1 amide bonds. The van der Waals surface area contributed by atoms with E-state index in [0.717, 1.165) is 55.2 Å². The molecule has 0 saturated carbocycles. The van der Waals surface area contributed by atoms with Crippen LogP contribution in [0.5, 0.6) is 0 Å². The molecular formula is C23H32ClN5O. The van der Waals surface area contributed by atoms with Gasteiger partial charge in [0.2, 0.25) is 0 Å². The highest BCUT2D eigenvalue weighted by molar-refractivity contribution is 6.30. The molecule has 1 aromatic heterocycles. The lowest BCUT2D eigenvalue weighted by Crippen LogP contribution is -2.46. The largest absolute Gasteiger partial charge is 0.368 e. The van der Waals surface area contributed by atoms with E-state index in [-0.39, 0.29) is 11.9 Å². The van der Waals surface area contributed by atoms with Crippen LogP contribution in [0.25, 0.3) is 0 Å². The van der Waals surface area contributed by atoms with Crippen molar-refractivity contribution in [2.45, 2.75) is 26.3 Å². The first-order valence-electron chi connectivity index (χ1n) is 10.6. The standard InChI is InChI=1S/C23H32ClN5O/c1-5-19(16-26-22-9-7-18(24)15-25-22)28(4)23(30)20-14-17(2)6-8-21(20)29-12-10-27(3)11-13-29/h6-9,14-15,19H,5,10-13,16H2,1-4H3,(H,25,26). The van der Waals surface area contributed by atoms with Gasteiger partial charge in [-0.3, -0.25) is 4.79 Å². The highest BCUT2D eigenvalue weighted by atomic mass is 35.5.